The summed E-state index contributed by atoms with van der Waals surface area (Å²) in [5.74, 6) is -3.18. The first-order valence-corrected chi connectivity index (χ1v) is 6.99. The van der Waals surface area contributed by atoms with Crippen LogP contribution in [0.4, 0.5) is 13.2 Å². The first kappa shape index (κ1) is 17.0. The van der Waals surface area contributed by atoms with E-state index in [1.165, 1.54) is 25.1 Å². The maximum absolute atomic E-state index is 13.5. The van der Waals surface area contributed by atoms with E-state index in [0.29, 0.717) is 5.56 Å². The number of halogens is 3. The summed E-state index contributed by atoms with van der Waals surface area (Å²) in [4.78, 5) is 12.1. The number of carbonyl (C=O) groups excluding carboxylic acids is 1. The number of amides is 1. The molecule has 0 fully saturated rings. The van der Waals surface area contributed by atoms with Crippen LogP contribution in [0.15, 0.2) is 36.4 Å². The lowest BCUT2D eigenvalue weighted by molar-refractivity contribution is 0.0851. The summed E-state index contributed by atoms with van der Waals surface area (Å²) < 4.78 is 39.6. The molecule has 2 atom stereocenters. The van der Waals surface area contributed by atoms with Crippen LogP contribution in [0, 0.1) is 24.4 Å². The molecule has 0 aliphatic carbocycles. The van der Waals surface area contributed by atoms with Crippen LogP contribution >= 0.6 is 0 Å². The van der Waals surface area contributed by atoms with Gasteiger partial charge >= 0.3 is 0 Å². The molecule has 0 bridgehead atoms. The van der Waals surface area contributed by atoms with Crippen LogP contribution in [0.5, 0.6) is 0 Å². The van der Waals surface area contributed by atoms with Crippen LogP contribution in [0.1, 0.15) is 34.5 Å². The highest BCUT2D eigenvalue weighted by Gasteiger charge is 2.20. The Morgan fingerprint density at radius 2 is 1.74 bits per heavy atom. The van der Waals surface area contributed by atoms with E-state index in [-0.39, 0.29) is 11.1 Å². The molecule has 1 amide bonds. The second-order valence-corrected chi connectivity index (χ2v) is 5.34. The van der Waals surface area contributed by atoms with E-state index in [1.807, 2.05) is 0 Å². The van der Waals surface area contributed by atoms with Gasteiger partial charge in [0.25, 0.3) is 5.91 Å². The zero-order valence-electron chi connectivity index (χ0n) is 12.6. The Morgan fingerprint density at radius 3 is 2.35 bits per heavy atom. The van der Waals surface area contributed by atoms with E-state index >= 15 is 0 Å². The van der Waals surface area contributed by atoms with Crippen molar-refractivity contribution in [2.45, 2.75) is 26.0 Å². The SMILES string of the molecule is Cc1ccc(C(=O)NC(C)C(O)c2ccc(F)c(F)c2)cc1F. The molecule has 0 spiro atoms. The molecule has 0 heterocycles. The summed E-state index contributed by atoms with van der Waals surface area (Å²) in [5, 5.41) is 12.6. The smallest absolute Gasteiger partial charge is 0.251 e. The Bertz CT molecular complexity index is 734. The number of hydrogen-bond donors (Lipinski definition) is 2. The van der Waals surface area contributed by atoms with Gasteiger partial charge in [0, 0.05) is 5.56 Å². The highest BCUT2D eigenvalue weighted by molar-refractivity contribution is 5.94. The Labute approximate surface area is 131 Å². The third-order valence-electron chi connectivity index (χ3n) is 3.55. The highest BCUT2D eigenvalue weighted by atomic mass is 19.2. The predicted molar refractivity (Wildman–Crippen MR) is 79.4 cm³/mol. The minimum absolute atomic E-state index is 0.109. The van der Waals surface area contributed by atoms with Gasteiger partial charge in [-0.05, 0) is 49.2 Å². The van der Waals surface area contributed by atoms with Crippen LogP contribution in [0.2, 0.25) is 0 Å². The molecule has 0 aliphatic heterocycles. The average molecular weight is 323 g/mol. The topological polar surface area (TPSA) is 49.3 Å². The minimum atomic E-state index is -1.23. The van der Waals surface area contributed by atoms with Gasteiger partial charge in [0.2, 0.25) is 0 Å². The summed E-state index contributed by atoms with van der Waals surface area (Å²) in [7, 11) is 0. The van der Waals surface area contributed by atoms with Crippen LogP contribution in [-0.2, 0) is 0 Å². The van der Waals surface area contributed by atoms with Crippen molar-refractivity contribution in [3.63, 3.8) is 0 Å². The average Bonchev–Trinajstić information content (AvgIpc) is 2.51. The zero-order valence-corrected chi connectivity index (χ0v) is 12.6. The quantitative estimate of drug-likeness (QED) is 0.907. The number of rotatable bonds is 4. The highest BCUT2D eigenvalue weighted by Crippen LogP contribution is 2.20. The zero-order chi connectivity index (χ0) is 17.1. The molecule has 0 saturated heterocycles. The van der Waals surface area contributed by atoms with Crippen molar-refractivity contribution >= 4 is 5.91 Å². The van der Waals surface area contributed by atoms with Gasteiger partial charge in [-0.2, -0.15) is 0 Å². The van der Waals surface area contributed by atoms with Crippen LogP contribution < -0.4 is 5.32 Å². The Kier molecular flexibility index (Phi) is 5.05. The second kappa shape index (κ2) is 6.83. The van der Waals surface area contributed by atoms with Gasteiger partial charge in [-0.25, -0.2) is 13.2 Å². The first-order chi connectivity index (χ1) is 10.8. The molecule has 2 unspecified atom stereocenters. The Morgan fingerprint density at radius 1 is 1.04 bits per heavy atom. The number of aryl methyl sites for hydroxylation is 1. The maximum Gasteiger partial charge on any atom is 0.251 e. The van der Waals surface area contributed by atoms with E-state index < -0.39 is 35.5 Å². The van der Waals surface area contributed by atoms with Crippen molar-refractivity contribution in [2.75, 3.05) is 0 Å². The van der Waals surface area contributed by atoms with E-state index in [4.69, 9.17) is 0 Å². The van der Waals surface area contributed by atoms with Gasteiger partial charge < -0.3 is 10.4 Å². The van der Waals surface area contributed by atoms with Crippen LogP contribution in [-0.4, -0.2) is 17.1 Å². The lowest BCUT2D eigenvalue weighted by Gasteiger charge is -2.21. The predicted octanol–water partition coefficient (Wildman–Crippen LogP) is 3.26. The summed E-state index contributed by atoms with van der Waals surface area (Å²) in [6.07, 6.45) is -1.23. The molecule has 2 rings (SSSR count). The molecular formula is C17H16F3NO2. The second-order valence-electron chi connectivity index (χ2n) is 5.34. The van der Waals surface area contributed by atoms with Gasteiger partial charge in [0.1, 0.15) is 5.82 Å². The van der Waals surface area contributed by atoms with E-state index in [9.17, 15) is 23.1 Å². The minimum Gasteiger partial charge on any atom is -0.386 e. The van der Waals surface area contributed by atoms with Crippen molar-refractivity contribution in [2.24, 2.45) is 0 Å². The van der Waals surface area contributed by atoms with Crippen molar-refractivity contribution in [3.05, 3.63) is 70.5 Å². The van der Waals surface area contributed by atoms with Crippen molar-refractivity contribution in [1.29, 1.82) is 0 Å². The molecule has 0 saturated carbocycles. The van der Waals surface area contributed by atoms with Crippen LogP contribution in [0.3, 0.4) is 0 Å². The normalized spacial score (nSPS) is 13.5. The fraction of sp³-hybridized carbons (Fsp3) is 0.235. The van der Waals surface area contributed by atoms with E-state index in [2.05, 4.69) is 5.32 Å². The molecule has 3 nitrogen and oxygen atoms in total. The Hall–Kier alpha value is -2.34. The number of aliphatic hydroxyl groups excluding tert-OH is 1. The molecule has 6 heteroatoms. The number of nitrogens with one attached hydrogen (secondary N) is 1. The van der Waals surface area contributed by atoms with Gasteiger partial charge in [-0.3, -0.25) is 4.79 Å². The lowest BCUT2D eigenvalue weighted by Crippen LogP contribution is -2.37. The fourth-order valence-electron chi connectivity index (χ4n) is 2.09. The molecule has 122 valence electrons. The molecule has 0 aliphatic rings. The summed E-state index contributed by atoms with van der Waals surface area (Å²) >= 11 is 0. The number of carbonyl (C=O) groups is 1. The molecule has 2 N–H and O–H groups in total. The first-order valence-electron chi connectivity index (χ1n) is 6.99. The standard InChI is InChI=1S/C17H16F3NO2/c1-9-3-4-12(8-14(9)19)17(23)21-10(2)16(22)11-5-6-13(18)15(20)7-11/h3-8,10,16,22H,1-2H3,(H,21,23). The Balaban J connectivity index is 2.10. The van der Waals surface area contributed by atoms with E-state index in [0.717, 1.165) is 18.2 Å². The number of hydrogen-bond acceptors (Lipinski definition) is 2. The van der Waals surface area contributed by atoms with Gasteiger partial charge in [0.15, 0.2) is 11.6 Å². The molecule has 2 aromatic rings. The molecule has 0 aromatic heterocycles. The number of aliphatic hydroxyl groups is 1. The summed E-state index contributed by atoms with van der Waals surface area (Å²) in [5.41, 5.74) is 0.653. The molecule has 0 radical (unpaired) electrons. The van der Waals surface area contributed by atoms with Gasteiger partial charge in [0.05, 0.1) is 12.1 Å². The third-order valence-corrected chi connectivity index (χ3v) is 3.55. The summed E-state index contributed by atoms with van der Waals surface area (Å²) in [6.45, 7) is 3.08. The fourth-order valence-corrected chi connectivity index (χ4v) is 2.09. The maximum atomic E-state index is 13.5. The molecule has 23 heavy (non-hydrogen) atoms. The largest absolute Gasteiger partial charge is 0.386 e. The monoisotopic (exact) mass is 323 g/mol. The summed E-state index contributed by atoms with van der Waals surface area (Å²) in [6, 6.07) is 6.26. The van der Waals surface area contributed by atoms with Gasteiger partial charge in [-0.15, -0.1) is 0 Å². The van der Waals surface area contributed by atoms with E-state index in [1.54, 1.807) is 6.92 Å². The molecule has 2 aromatic carbocycles. The number of benzene rings is 2. The molecular weight excluding hydrogens is 307 g/mol. The van der Waals surface area contributed by atoms with Gasteiger partial charge in [-0.1, -0.05) is 12.1 Å². The van der Waals surface area contributed by atoms with Crippen molar-refractivity contribution in [1.82, 2.24) is 5.32 Å². The van der Waals surface area contributed by atoms with Crippen molar-refractivity contribution < 1.29 is 23.1 Å². The van der Waals surface area contributed by atoms with Crippen molar-refractivity contribution in [3.8, 4) is 0 Å². The third kappa shape index (κ3) is 3.90. The van der Waals surface area contributed by atoms with Crippen LogP contribution in [0.25, 0.3) is 0 Å². The lowest BCUT2D eigenvalue weighted by atomic mass is 10.0.